The molecular formula is C29H26F5N5O2. The Labute approximate surface area is 232 Å². The monoisotopic (exact) mass is 571 g/mol. The molecule has 2 aromatic carbocycles. The number of halogens is 5. The van der Waals surface area contributed by atoms with Crippen molar-refractivity contribution in [1.29, 1.82) is 0 Å². The average Bonchev–Trinajstić information content (AvgIpc) is 3.35. The van der Waals surface area contributed by atoms with E-state index in [9.17, 15) is 22.4 Å². The molecule has 5 rings (SSSR count). The molecule has 2 aromatic heterocycles. The lowest BCUT2D eigenvalue weighted by Crippen LogP contribution is -2.53. The Bertz CT molecular complexity index is 1620. The standard InChI is InChI=1S/C29H26F5N5O2/c1-4-21-19(6-5-7-23(21)30)16-37-12-13-38(17(2)15-37)28(40)22-14-35-39-26(29(32,33)34)24(31)25(36-27(22)39)18-8-10-20(41-3)11-9-18/h4-11,14,17H,1,12-13,15-16H2,2-3H3/t17-/m1/s1. The van der Waals surface area contributed by atoms with Gasteiger partial charge in [0.15, 0.2) is 17.2 Å². The molecule has 1 aliphatic heterocycles. The summed E-state index contributed by atoms with van der Waals surface area (Å²) in [5.41, 5.74) is -1.55. The van der Waals surface area contributed by atoms with Gasteiger partial charge in [-0.05, 0) is 42.8 Å². The van der Waals surface area contributed by atoms with Crippen LogP contribution in [0.1, 0.15) is 34.1 Å². The molecule has 41 heavy (non-hydrogen) atoms. The van der Waals surface area contributed by atoms with E-state index in [0.717, 1.165) is 11.8 Å². The minimum atomic E-state index is -5.11. The van der Waals surface area contributed by atoms with Gasteiger partial charge in [0.05, 0.1) is 13.3 Å². The first-order valence-corrected chi connectivity index (χ1v) is 12.8. The highest BCUT2D eigenvalue weighted by Gasteiger charge is 2.41. The highest BCUT2D eigenvalue weighted by molar-refractivity contribution is 6.00. The topological polar surface area (TPSA) is 63.0 Å². The van der Waals surface area contributed by atoms with Crippen LogP contribution in [0.2, 0.25) is 0 Å². The minimum absolute atomic E-state index is 0.0779. The molecule has 0 aliphatic carbocycles. The molecule has 0 N–H and O–H groups in total. The van der Waals surface area contributed by atoms with Gasteiger partial charge in [-0.1, -0.05) is 24.8 Å². The molecule has 1 atom stereocenters. The van der Waals surface area contributed by atoms with Crippen LogP contribution in [-0.4, -0.2) is 63.1 Å². The number of methoxy groups -OCH3 is 1. The van der Waals surface area contributed by atoms with Gasteiger partial charge in [0.1, 0.15) is 22.8 Å². The number of nitrogens with zero attached hydrogens (tertiary/aromatic N) is 5. The third-order valence-electron chi connectivity index (χ3n) is 7.17. The van der Waals surface area contributed by atoms with E-state index in [1.807, 2.05) is 13.0 Å². The molecule has 214 valence electrons. The maximum Gasteiger partial charge on any atom is 0.436 e. The first-order valence-electron chi connectivity index (χ1n) is 12.8. The van der Waals surface area contributed by atoms with Crippen molar-refractivity contribution in [3.05, 3.63) is 89.3 Å². The van der Waals surface area contributed by atoms with E-state index in [0.29, 0.717) is 35.5 Å². The Morgan fingerprint density at radius 3 is 2.51 bits per heavy atom. The minimum Gasteiger partial charge on any atom is -0.497 e. The van der Waals surface area contributed by atoms with E-state index in [2.05, 4.69) is 21.6 Å². The van der Waals surface area contributed by atoms with Gasteiger partial charge in [0.2, 0.25) is 0 Å². The van der Waals surface area contributed by atoms with Gasteiger partial charge in [-0.2, -0.15) is 18.3 Å². The lowest BCUT2D eigenvalue weighted by atomic mass is 10.0. The molecule has 1 aliphatic rings. The summed E-state index contributed by atoms with van der Waals surface area (Å²) in [6, 6.07) is 10.2. The quantitative estimate of drug-likeness (QED) is 0.278. The van der Waals surface area contributed by atoms with Gasteiger partial charge in [0, 0.05) is 43.3 Å². The number of amides is 1. The van der Waals surface area contributed by atoms with Crippen molar-refractivity contribution in [2.24, 2.45) is 0 Å². The number of alkyl halides is 3. The molecule has 0 saturated carbocycles. The molecule has 1 amide bonds. The van der Waals surface area contributed by atoms with E-state index in [4.69, 9.17) is 4.74 Å². The summed E-state index contributed by atoms with van der Waals surface area (Å²) in [7, 11) is 1.42. The van der Waals surface area contributed by atoms with Crippen LogP contribution in [0.3, 0.4) is 0 Å². The summed E-state index contributed by atoms with van der Waals surface area (Å²) in [6.07, 6.45) is -2.66. The van der Waals surface area contributed by atoms with Crippen molar-refractivity contribution >= 4 is 17.6 Å². The highest BCUT2D eigenvalue weighted by Crippen LogP contribution is 2.36. The number of fused-ring (bicyclic) bond motifs is 1. The highest BCUT2D eigenvalue weighted by atomic mass is 19.4. The molecule has 0 spiro atoms. The summed E-state index contributed by atoms with van der Waals surface area (Å²) < 4.78 is 77.0. The second-order valence-electron chi connectivity index (χ2n) is 9.74. The summed E-state index contributed by atoms with van der Waals surface area (Å²) in [4.78, 5) is 21.4. The molecule has 0 bridgehead atoms. The second kappa shape index (κ2) is 10.9. The van der Waals surface area contributed by atoms with Crippen molar-refractivity contribution in [3.8, 4) is 17.0 Å². The molecule has 7 nitrogen and oxygen atoms in total. The maximum absolute atomic E-state index is 15.3. The fourth-order valence-electron chi connectivity index (χ4n) is 5.13. The van der Waals surface area contributed by atoms with E-state index in [1.54, 1.807) is 6.07 Å². The van der Waals surface area contributed by atoms with Crippen LogP contribution >= 0.6 is 0 Å². The zero-order valence-corrected chi connectivity index (χ0v) is 22.3. The predicted octanol–water partition coefficient (Wildman–Crippen LogP) is 5.69. The molecule has 12 heteroatoms. The SMILES string of the molecule is C=Cc1c(F)cccc1CN1CCN(C(=O)c2cnn3c(C(F)(F)F)c(F)c(-c4ccc(OC)cc4)nc23)[C@H](C)C1. The third-order valence-corrected chi connectivity index (χ3v) is 7.17. The van der Waals surface area contributed by atoms with Gasteiger partial charge in [-0.15, -0.1) is 0 Å². The predicted molar refractivity (Wildman–Crippen MR) is 142 cm³/mol. The average molecular weight is 572 g/mol. The normalized spacial score (nSPS) is 16.3. The van der Waals surface area contributed by atoms with Gasteiger partial charge in [0.25, 0.3) is 5.91 Å². The van der Waals surface area contributed by atoms with Crippen molar-refractivity contribution in [2.45, 2.75) is 25.7 Å². The number of rotatable bonds is 6. The second-order valence-corrected chi connectivity index (χ2v) is 9.74. The lowest BCUT2D eigenvalue weighted by molar-refractivity contribution is -0.145. The number of piperazine rings is 1. The van der Waals surface area contributed by atoms with Gasteiger partial charge < -0.3 is 9.64 Å². The molecule has 0 unspecified atom stereocenters. The molecule has 1 saturated heterocycles. The molecule has 0 radical (unpaired) electrons. The number of aromatic nitrogens is 3. The van der Waals surface area contributed by atoms with Crippen LogP contribution in [0.25, 0.3) is 23.0 Å². The summed E-state index contributed by atoms with van der Waals surface area (Å²) >= 11 is 0. The van der Waals surface area contributed by atoms with E-state index < -0.39 is 34.9 Å². The largest absolute Gasteiger partial charge is 0.497 e. The molecule has 1 fully saturated rings. The van der Waals surface area contributed by atoms with Crippen molar-refractivity contribution in [3.63, 3.8) is 0 Å². The van der Waals surface area contributed by atoms with Crippen LogP contribution in [0.15, 0.2) is 55.2 Å². The fourth-order valence-corrected chi connectivity index (χ4v) is 5.13. The maximum atomic E-state index is 15.3. The van der Waals surface area contributed by atoms with Crippen LogP contribution in [-0.2, 0) is 12.7 Å². The van der Waals surface area contributed by atoms with Gasteiger partial charge >= 0.3 is 6.18 Å². The Hall–Kier alpha value is -4.32. The van der Waals surface area contributed by atoms with Gasteiger partial charge in [-0.25, -0.2) is 18.3 Å². The number of benzene rings is 2. The van der Waals surface area contributed by atoms with Crippen molar-refractivity contribution < 1.29 is 31.5 Å². The Balaban J connectivity index is 1.46. The first-order chi connectivity index (χ1) is 19.5. The number of hydrogen-bond acceptors (Lipinski definition) is 5. The summed E-state index contributed by atoms with van der Waals surface area (Å²) in [6.45, 7) is 7.06. The summed E-state index contributed by atoms with van der Waals surface area (Å²) in [5.74, 6) is -2.12. The Morgan fingerprint density at radius 2 is 1.88 bits per heavy atom. The molecule has 3 heterocycles. The van der Waals surface area contributed by atoms with Crippen LogP contribution in [0, 0.1) is 11.6 Å². The molecule has 4 aromatic rings. The fraction of sp³-hybridized carbons (Fsp3) is 0.276. The van der Waals surface area contributed by atoms with Crippen molar-refractivity contribution in [1.82, 2.24) is 24.4 Å². The smallest absolute Gasteiger partial charge is 0.436 e. The van der Waals surface area contributed by atoms with Crippen LogP contribution < -0.4 is 4.74 Å². The summed E-state index contributed by atoms with van der Waals surface area (Å²) in [5, 5.41) is 3.72. The number of hydrogen-bond donors (Lipinski definition) is 0. The number of ether oxygens (including phenoxy) is 1. The zero-order valence-electron chi connectivity index (χ0n) is 22.3. The third kappa shape index (κ3) is 5.26. The van der Waals surface area contributed by atoms with E-state index in [-0.39, 0.29) is 29.5 Å². The number of carbonyl (C=O) groups is 1. The lowest BCUT2D eigenvalue weighted by Gasteiger charge is -2.40. The van der Waals surface area contributed by atoms with Crippen LogP contribution in [0.4, 0.5) is 22.0 Å². The molecular weight excluding hydrogens is 545 g/mol. The van der Waals surface area contributed by atoms with Crippen LogP contribution in [0.5, 0.6) is 5.75 Å². The van der Waals surface area contributed by atoms with Crippen molar-refractivity contribution in [2.75, 3.05) is 26.7 Å². The first kappa shape index (κ1) is 28.2. The number of carbonyl (C=O) groups excluding carboxylic acids is 1. The zero-order chi connectivity index (χ0) is 29.5. The Kier molecular flexibility index (Phi) is 7.52. The van der Waals surface area contributed by atoms with Gasteiger partial charge in [-0.3, -0.25) is 9.69 Å². The Morgan fingerprint density at radius 1 is 1.15 bits per heavy atom. The van der Waals surface area contributed by atoms with E-state index >= 15 is 4.39 Å². The van der Waals surface area contributed by atoms with E-state index in [1.165, 1.54) is 48.4 Å².